The van der Waals surface area contributed by atoms with Crippen LogP contribution in [0.2, 0.25) is 0 Å². The minimum Gasteiger partial charge on any atom is -0.367 e. The Bertz CT molecular complexity index is 423. The molecule has 20 heavy (non-hydrogen) atoms. The third-order valence-corrected chi connectivity index (χ3v) is 3.92. The summed E-state index contributed by atoms with van der Waals surface area (Å²) in [5.74, 6) is 1.14. The molecule has 0 aromatic carbocycles. The van der Waals surface area contributed by atoms with Crippen LogP contribution < -0.4 is 5.73 Å². The lowest BCUT2D eigenvalue weighted by Crippen LogP contribution is -2.31. The van der Waals surface area contributed by atoms with Gasteiger partial charge in [0.25, 0.3) is 0 Å². The molecule has 1 aliphatic carbocycles. The molecule has 0 amide bonds. The van der Waals surface area contributed by atoms with Gasteiger partial charge in [0.05, 0.1) is 6.04 Å². The molecule has 1 aromatic heterocycles. The second kappa shape index (κ2) is 6.99. The first-order chi connectivity index (χ1) is 9.72. The van der Waals surface area contributed by atoms with Crippen molar-refractivity contribution in [3.63, 3.8) is 0 Å². The Labute approximate surface area is 120 Å². The zero-order chi connectivity index (χ0) is 14.4. The number of nitrogens with two attached hydrogens (primary N) is 1. The minimum atomic E-state index is -0.388. The number of rotatable bonds is 6. The van der Waals surface area contributed by atoms with E-state index in [1.54, 1.807) is 6.08 Å². The van der Waals surface area contributed by atoms with E-state index in [0.29, 0.717) is 24.7 Å². The summed E-state index contributed by atoms with van der Waals surface area (Å²) in [6.45, 7) is 6.35. The molecule has 1 unspecified atom stereocenters. The van der Waals surface area contributed by atoms with Crippen molar-refractivity contribution in [3.8, 4) is 0 Å². The largest absolute Gasteiger partial charge is 0.367 e. The lowest BCUT2D eigenvalue weighted by atomic mass is 9.93. The first-order valence-corrected chi connectivity index (χ1v) is 7.56. The fourth-order valence-electron chi connectivity index (χ4n) is 2.86. The van der Waals surface area contributed by atoms with Gasteiger partial charge in [-0.3, -0.25) is 0 Å². The number of nitrogens with zero attached hydrogens (tertiary/aromatic N) is 2. The summed E-state index contributed by atoms with van der Waals surface area (Å²) in [7, 11) is 0. The highest BCUT2D eigenvalue weighted by Gasteiger charge is 2.38. The van der Waals surface area contributed by atoms with Crippen molar-refractivity contribution in [1.29, 1.82) is 0 Å². The first-order valence-electron chi connectivity index (χ1n) is 7.56. The Balaban J connectivity index is 2.22. The Hall–Kier alpha value is -1.20. The predicted octanol–water partition coefficient (Wildman–Crippen LogP) is 3.23. The van der Waals surface area contributed by atoms with Crippen molar-refractivity contribution in [2.45, 2.75) is 63.5 Å². The Morgan fingerprint density at radius 2 is 2.10 bits per heavy atom. The molecule has 0 bridgehead atoms. The number of ether oxygens (including phenoxy) is 1. The van der Waals surface area contributed by atoms with E-state index in [4.69, 9.17) is 15.0 Å². The summed E-state index contributed by atoms with van der Waals surface area (Å²) in [4.78, 5) is 4.51. The summed E-state index contributed by atoms with van der Waals surface area (Å²) in [6, 6.07) is -0.279. The van der Waals surface area contributed by atoms with E-state index in [2.05, 4.69) is 16.7 Å². The molecule has 5 heteroatoms. The maximum absolute atomic E-state index is 6.04. The average molecular weight is 279 g/mol. The van der Waals surface area contributed by atoms with E-state index < -0.39 is 0 Å². The first kappa shape index (κ1) is 15.2. The van der Waals surface area contributed by atoms with Crippen molar-refractivity contribution >= 4 is 0 Å². The maximum Gasteiger partial charge on any atom is 0.243 e. The van der Waals surface area contributed by atoms with Crippen molar-refractivity contribution in [2.24, 2.45) is 5.73 Å². The zero-order valence-electron chi connectivity index (χ0n) is 12.3. The number of aromatic nitrogens is 2. The van der Waals surface area contributed by atoms with Gasteiger partial charge in [0.2, 0.25) is 11.7 Å². The standard InChI is InChI=1S/C15H25N3O2/c1-3-9-12(16)13-17-14(18-20-13)15(19-4-2)10-7-5-6-8-11-15/h3,12H,1,4-11,16H2,2H3. The molecular formula is C15H25N3O2. The Morgan fingerprint density at radius 1 is 1.40 bits per heavy atom. The van der Waals surface area contributed by atoms with Gasteiger partial charge in [-0.15, -0.1) is 6.58 Å². The molecule has 5 nitrogen and oxygen atoms in total. The lowest BCUT2D eigenvalue weighted by Gasteiger charge is -2.29. The molecule has 1 heterocycles. The van der Waals surface area contributed by atoms with Gasteiger partial charge in [-0.25, -0.2) is 0 Å². The van der Waals surface area contributed by atoms with Crippen LogP contribution >= 0.6 is 0 Å². The molecule has 0 aliphatic heterocycles. The van der Waals surface area contributed by atoms with E-state index in [1.807, 2.05) is 6.92 Å². The van der Waals surface area contributed by atoms with Crippen LogP contribution in [0.4, 0.5) is 0 Å². The molecule has 1 aliphatic rings. The lowest BCUT2D eigenvalue weighted by molar-refractivity contribution is -0.0636. The zero-order valence-corrected chi connectivity index (χ0v) is 12.3. The van der Waals surface area contributed by atoms with Gasteiger partial charge in [0, 0.05) is 6.61 Å². The quantitative estimate of drug-likeness (QED) is 0.639. The smallest absolute Gasteiger partial charge is 0.243 e. The summed E-state index contributed by atoms with van der Waals surface area (Å²) in [5.41, 5.74) is 5.60. The molecule has 1 aromatic rings. The van der Waals surface area contributed by atoms with Crippen LogP contribution in [0, 0.1) is 0 Å². The van der Waals surface area contributed by atoms with E-state index in [-0.39, 0.29) is 11.6 Å². The summed E-state index contributed by atoms with van der Waals surface area (Å²) in [5, 5.41) is 4.15. The van der Waals surface area contributed by atoms with Crippen LogP contribution in [0.5, 0.6) is 0 Å². The van der Waals surface area contributed by atoms with Gasteiger partial charge in [-0.1, -0.05) is 36.9 Å². The molecule has 0 radical (unpaired) electrons. The fourth-order valence-corrected chi connectivity index (χ4v) is 2.86. The van der Waals surface area contributed by atoms with Crippen LogP contribution in [-0.2, 0) is 10.3 Å². The molecular weight excluding hydrogens is 254 g/mol. The molecule has 0 saturated heterocycles. The molecule has 1 atom stereocenters. The summed E-state index contributed by atoms with van der Waals surface area (Å²) in [6.07, 6.45) is 9.07. The topological polar surface area (TPSA) is 74.2 Å². The molecule has 0 spiro atoms. The highest BCUT2D eigenvalue weighted by molar-refractivity contribution is 5.05. The molecule has 1 fully saturated rings. The second-order valence-corrected chi connectivity index (χ2v) is 5.43. The van der Waals surface area contributed by atoms with Crippen LogP contribution in [0.25, 0.3) is 0 Å². The van der Waals surface area contributed by atoms with Crippen LogP contribution in [0.1, 0.15) is 69.6 Å². The SMILES string of the molecule is C=CCC(N)c1nc(C2(OCC)CCCCCC2)no1. The predicted molar refractivity (Wildman–Crippen MR) is 77.0 cm³/mol. The monoisotopic (exact) mass is 279 g/mol. The Morgan fingerprint density at radius 3 is 2.70 bits per heavy atom. The van der Waals surface area contributed by atoms with Gasteiger partial charge >= 0.3 is 0 Å². The van der Waals surface area contributed by atoms with Crippen molar-refractivity contribution < 1.29 is 9.26 Å². The molecule has 2 N–H and O–H groups in total. The molecule has 1 saturated carbocycles. The van der Waals surface area contributed by atoms with Gasteiger partial charge < -0.3 is 15.0 Å². The normalized spacial score (nSPS) is 20.3. The fraction of sp³-hybridized carbons (Fsp3) is 0.733. The van der Waals surface area contributed by atoms with Crippen molar-refractivity contribution in [2.75, 3.05) is 6.61 Å². The minimum absolute atomic E-state index is 0.279. The van der Waals surface area contributed by atoms with E-state index in [1.165, 1.54) is 12.8 Å². The molecule has 112 valence electrons. The molecule has 2 rings (SSSR count). The van der Waals surface area contributed by atoms with Crippen molar-refractivity contribution in [1.82, 2.24) is 10.1 Å². The second-order valence-electron chi connectivity index (χ2n) is 5.43. The average Bonchev–Trinajstić information content (AvgIpc) is 2.82. The van der Waals surface area contributed by atoms with Gasteiger partial charge in [0.15, 0.2) is 0 Å². The number of hydrogen-bond donors (Lipinski definition) is 1. The van der Waals surface area contributed by atoms with E-state index in [9.17, 15) is 0 Å². The third-order valence-electron chi connectivity index (χ3n) is 3.92. The van der Waals surface area contributed by atoms with Gasteiger partial charge in [0.1, 0.15) is 5.60 Å². The summed E-state index contributed by atoms with van der Waals surface area (Å²) < 4.78 is 11.4. The van der Waals surface area contributed by atoms with Gasteiger partial charge in [-0.2, -0.15) is 4.98 Å². The highest BCUT2D eigenvalue weighted by atomic mass is 16.5. The van der Waals surface area contributed by atoms with E-state index in [0.717, 1.165) is 25.7 Å². The van der Waals surface area contributed by atoms with Crippen molar-refractivity contribution in [3.05, 3.63) is 24.4 Å². The van der Waals surface area contributed by atoms with Crippen LogP contribution in [0.15, 0.2) is 17.2 Å². The highest BCUT2D eigenvalue weighted by Crippen LogP contribution is 2.38. The van der Waals surface area contributed by atoms with Crippen LogP contribution in [0.3, 0.4) is 0 Å². The summed E-state index contributed by atoms with van der Waals surface area (Å²) >= 11 is 0. The van der Waals surface area contributed by atoms with Gasteiger partial charge in [-0.05, 0) is 26.2 Å². The van der Waals surface area contributed by atoms with Crippen LogP contribution in [-0.4, -0.2) is 16.7 Å². The Kier molecular flexibility index (Phi) is 5.31. The third kappa shape index (κ3) is 3.27. The van der Waals surface area contributed by atoms with E-state index >= 15 is 0 Å². The number of hydrogen-bond acceptors (Lipinski definition) is 5. The maximum atomic E-state index is 6.04.